The van der Waals surface area contributed by atoms with Crippen molar-refractivity contribution in [2.24, 2.45) is 0 Å². The summed E-state index contributed by atoms with van der Waals surface area (Å²) >= 11 is 0. The number of esters is 1. The van der Waals surface area contributed by atoms with Gasteiger partial charge < -0.3 is 4.74 Å². The summed E-state index contributed by atoms with van der Waals surface area (Å²) in [5.74, 6) is -2.53. The number of nitro groups is 1. The zero-order valence-corrected chi connectivity index (χ0v) is 18.3. The lowest BCUT2D eigenvalue weighted by molar-refractivity contribution is -0.384. The first-order valence-corrected chi connectivity index (χ1v) is 11.2. The fourth-order valence-corrected chi connectivity index (χ4v) is 4.71. The van der Waals surface area contributed by atoms with Gasteiger partial charge in [-0.1, -0.05) is 0 Å². The normalized spacial score (nSPS) is 13.8. The minimum Gasteiger partial charge on any atom is -0.465 e. The Morgan fingerprint density at radius 2 is 1.48 bits per heavy atom. The summed E-state index contributed by atoms with van der Waals surface area (Å²) in [6, 6.07) is 8.17. The molecule has 0 atom stereocenters. The van der Waals surface area contributed by atoms with Gasteiger partial charge in [0.15, 0.2) is 0 Å². The summed E-state index contributed by atoms with van der Waals surface area (Å²) in [7, 11) is -2.54. The third-order valence-electron chi connectivity index (χ3n) is 4.92. The van der Waals surface area contributed by atoms with Gasteiger partial charge in [0.25, 0.3) is 17.5 Å². The Morgan fingerprint density at radius 3 is 2.03 bits per heavy atom. The van der Waals surface area contributed by atoms with Crippen LogP contribution in [0.1, 0.15) is 43.9 Å². The number of ether oxygens (including phenoxy) is 1. The molecule has 1 aliphatic rings. The van der Waals surface area contributed by atoms with Gasteiger partial charge in [0, 0.05) is 36.3 Å². The van der Waals surface area contributed by atoms with Crippen molar-refractivity contribution in [2.45, 2.75) is 17.7 Å². The first-order valence-electron chi connectivity index (χ1n) is 9.72. The van der Waals surface area contributed by atoms with Crippen molar-refractivity contribution in [3.63, 3.8) is 0 Å². The molecule has 0 aromatic heterocycles. The zero-order valence-electron chi connectivity index (χ0n) is 17.4. The van der Waals surface area contributed by atoms with Crippen LogP contribution in [-0.4, -0.2) is 55.6 Å². The Hall–Kier alpha value is -3.84. The molecule has 1 aliphatic heterocycles. The van der Waals surface area contributed by atoms with Crippen molar-refractivity contribution >= 4 is 33.5 Å². The van der Waals surface area contributed by atoms with Gasteiger partial charge in [0.1, 0.15) is 0 Å². The number of non-ortho nitro benzene ring substituents is 1. The Morgan fingerprint density at radius 1 is 0.939 bits per heavy atom. The third kappa shape index (κ3) is 5.32. The maximum Gasteiger partial charge on any atom is 0.338 e. The van der Waals surface area contributed by atoms with Crippen LogP contribution in [0, 0.1) is 10.1 Å². The summed E-state index contributed by atoms with van der Waals surface area (Å²) in [5.41, 5.74) is 3.34. The molecule has 3 rings (SSSR count). The highest BCUT2D eigenvalue weighted by Crippen LogP contribution is 2.21. The molecule has 13 heteroatoms. The molecular formula is C20H20N4O8S. The van der Waals surface area contributed by atoms with Crippen molar-refractivity contribution in [3.05, 3.63) is 69.3 Å². The van der Waals surface area contributed by atoms with Crippen molar-refractivity contribution in [1.82, 2.24) is 15.2 Å². The van der Waals surface area contributed by atoms with Crippen LogP contribution in [0.2, 0.25) is 0 Å². The van der Waals surface area contributed by atoms with Crippen molar-refractivity contribution in [3.8, 4) is 0 Å². The Kier molecular flexibility index (Phi) is 7.04. The van der Waals surface area contributed by atoms with E-state index in [9.17, 15) is 32.9 Å². The van der Waals surface area contributed by atoms with Crippen LogP contribution in [0.15, 0.2) is 47.4 Å². The van der Waals surface area contributed by atoms with Gasteiger partial charge in [-0.25, -0.2) is 13.2 Å². The number of hydrogen-bond donors (Lipinski definition) is 2. The number of nitro benzene ring substituents is 1. The number of hydrogen-bond acceptors (Lipinski definition) is 8. The van der Waals surface area contributed by atoms with Gasteiger partial charge in [0.2, 0.25) is 10.0 Å². The molecule has 0 saturated carbocycles. The summed E-state index contributed by atoms with van der Waals surface area (Å²) in [5, 5.41) is 11.1. The molecule has 33 heavy (non-hydrogen) atoms. The van der Waals surface area contributed by atoms with E-state index in [0.717, 1.165) is 38.2 Å². The molecule has 2 N–H and O–H groups in total. The smallest absolute Gasteiger partial charge is 0.338 e. The lowest BCUT2D eigenvalue weighted by atomic mass is 10.1. The fraction of sp³-hybridized carbons (Fsp3) is 0.250. The standard InChI is InChI=1S/C20H20N4O8S/c1-32-20(27)15-10-14(11-16(12-15)24(28)29)19(26)22-21-18(25)13-4-6-17(7-5-13)33(30,31)23-8-2-3-9-23/h4-7,10-12H,2-3,8-9H2,1H3,(H,21,25)(H,22,26). The van der Waals surface area contributed by atoms with E-state index in [1.54, 1.807) is 0 Å². The van der Waals surface area contributed by atoms with Crippen LogP contribution in [0.25, 0.3) is 0 Å². The second-order valence-electron chi connectivity index (χ2n) is 7.06. The molecule has 0 unspecified atom stereocenters. The number of carbonyl (C=O) groups excluding carboxylic acids is 3. The summed E-state index contributed by atoms with van der Waals surface area (Å²) < 4.78 is 31.0. The van der Waals surface area contributed by atoms with Crippen molar-refractivity contribution < 1.29 is 32.5 Å². The maximum atomic E-state index is 12.5. The highest BCUT2D eigenvalue weighted by molar-refractivity contribution is 7.89. The van der Waals surface area contributed by atoms with Crippen LogP contribution in [0.4, 0.5) is 5.69 Å². The number of benzene rings is 2. The van der Waals surface area contributed by atoms with Crippen LogP contribution < -0.4 is 10.9 Å². The van der Waals surface area contributed by atoms with Gasteiger partial charge in [0.05, 0.1) is 22.5 Å². The van der Waals surface area contributed by atoms with E-state index in [0.29, 0.717) is 13.1 Å². The van der Waals surface area contributed by atoms with E-state index in [4.69, 9.17) is 0 Å². The largest absolute Gasteiger partial charge is 0.465 e. The molecule has 1 saturated heterocycles. The van der Waals surface area contributed by atoms with Crippen molar-refractivity contribution in [1.29, 1.82) is 0 Å². The number of nitrogens with one attached hydrogen (secondary N) is 2. The second kappa shape index (κ2) is 9.75. The van der Waals surface area contributed by atoms with Gasteiger partial charge >= 0.3 is 5.97 Å². The minimum atomic E-state index is -3.63. The van der Waals surface area contributed by atoms with Gasteiger partial charge in [-0.15, -0.1) is 0 Å². The lowest BCUT2D eigenvalue weighted by Gasteiger charge is -2.15. The second-order valence-corrected chi connectivity index (χ2v) is 9.00. The first kappa shape index (κ1) is 23.8. The maximum absolute atomic E-state index is 12.5. The zero-order chi connectivity index (χ0) is 24.2. The molecule has 2 aromatic carbocycles. The van der Waals surface area contributed by atoms with Crippen LogP contribution >= 0.6 is 0 Å². The van der Waals surface area contributed by atoms with Crippen LogP contribution in [0.3, 0.4) is 0 Å². The number of nitrogens with zero attached hydrogens (tertiary/aromatic N) is 2. The fourth-order valence-electron chi connectivity index (χ4n) is 3.20. The quantitative estimate of drug-likeness (QED) is 0.357. The van der Waals surface area contributed by atoms with E-state index < -0.39 is 38.4 Å². The molecule has 1 fully saturated rings. The van der Waals surface area contributed by atoms with E-state index in [-0.39, 0.29) is 21.6 Å². The molecular weight excluding hydrogens is 456 g/mol. The Labute approximate surface area is 188 Å². The van der Waals surface area contributed by atoms with Gasteiger partial charge in [-0.3, -0.25) is 30.6 Å². The monoisotopic (exact) mass is 476 g/mol. The number of methoxy groups -OCH3 is 1. The number of sulfonamides is 1. The third-order valence-corrected chi connectivity index (χ3v) is 6.83. The van der Waals surface area contributed by atoms with Crippen molar-refractivity contribution in [2.75, 3.05) is 20.2 Å². The number of hydrazine groups is 1. The molecule has 2 aromatic rings. The minimum absolute atomic E-state index is 0.0527. The molecule has 0 bridgehead atoms. The number of rotatable bonds is 6. The van der Waals surface area contributed by atoms with Crippen LogP contribution in [0.5, 0.6) is 0 Å². The molecule has 12 nitrogen and oxygen atoms in total. The average molecular weight is 476 g/mol. The summed E-state index contributed by atoms with van der Waals surface area (Å²) in [6.07, 6.45) is 1.59. The molecule has 0 aliphatic carbocycles. The van der Waals surface area contributed by atoms with E-state index >= 15 is 0 Å². The summed E-state index contributed by atoms with van der Waals surface area (Å²) in [6.45, 7) is 0.901. The Balaban J connectivity index is 1.69. The topological polar surface area (TPSA) is 165 Å². The van der Waals surface area contributed by atoms with E-state index in [2.05, 4.69) is 15.6 Å². The lowest BCUT2D eigenvalue weighted by Crippen LogP contribution is -2.41. The SMILES string of the molecule is COC(=O)c1cc(C(=O)NNC(=O)c2ccc(S(=O)(=O)N3CCCC3)cc2)cc([N+](=O)[O-])c1. The Bertz CT molecular complexity index is 1210. The number of amides is 2. The van der Waals surface area contributed by atoms with Gasteiger partial charge in [-0.2, -0.15) is 4.31 Å². The molecule has 2 amide bonds. The highest BCUT2D eigenvalue weighted by atomic mass is 32.2. The average Bonchev–Trinajstić information content (AvgIpc) is 3.37. The molecule has 1 heterocycles. The van der Waals surface area contributed by atoms with E-state index in [1.807, 2.05) is 0 Å². The highest BCUT2D eigenvalue weighted by Gasteiger charge is 2.27. The first-order chi connectivity index (χ1) is 15.6. The summed E-state index contributed by atoms with van der Waals surface area (Å²) in [4.78, 5) is 46.7. The molecule has 174 valence electrons. The predicted molar refractivity (Wildman–Crippen MR) is 114 cm³/mol. The number of carbonyl (C=O) groups is 3. The molecule has 0 spiro atoms. The van der Waals surface area contributed by atoms with Crippen LogP contribution in [-0.2, 0) is 14.8 Å². The molecule has 0 radical (unpaired) electrons. The predicted octanol–water partition coefficient (Wildman–Crippen LogP) is 1.24. The van der Waals surface area contributed by atoms with E-state index in [1.165, 1.54) is 28.6 Å². The van der Waals surface area contributed by atoms with Gasteiger partial charge in [-0.05, 0) is 43.2 Å².